The molecule has 0 aliphatic rings. The maximum atomic E-state index is 12.0. The summed E-state index contributed by atoms with van der Waals surface area (Å²) in [6, 6.07) is 6.30. The molecule has 0 radical (unpaired) electrons. The number of nitrogens with zero attached hydrogens (tertiary/aromatic N) is 1. The van der Waals surface area contributed by atoms with Gasteiger partial charge in [0.15, 0.2) is 0 Å². The first-order valence-electron chi connectivity index (χ1n) is 5.58. The summed E-state index contributed by atoms with van der Waals surface area (Å²) < 4.78 is 4.60. The second-order valence-electron chi connectivity index (χ2n) is 4.13. The fraction of sp³-hybridized carbons (Fsp3) is 0.385. The number of hydrogen-bond donors (Lipinski definition) is 1. The molecule has 0 fully saturated rings. The number of methoxy groups -OCH3 is 1. The summed E-state index contributed by atoms with van der Waals surface area (Å²) >= 11 is 0. The van der Waals surface area contributed by atoms with E-state index in [-0.39, 0.29) is 29.7 Å². The smallest absolute Gasteiger partial charge is 0.310 e. The Labute approximate surface area is 106 Å². The molecule has 0 saturated carbocycles. The average molecular weight is 251 g/mol. The Bertz CT molecular complexity index is 444. The third kappa shape index (κ3) is 3.23. The molecule has 1 N–H and O–H groups in total. The van der Waals surface area contributed by atoms with Crippen LogP contribution in [-0.2, 0) is 9.53 Å². The number of amides is 1. The summed E-state index contributed by atoms with van der Waals surface area (Å²) in [5.74, 6) is -1.18. The van der Waals surface area contributed by atoms with E-state index in [4.69, 9.17) is 0 Å². The highest BCUT2D eigenvalue weighted by molar-refractivity contribution is 5.96. The molecule has 1 aromatic carbocycles. The second-order valence-corrected chi connectivity index (χ2v) is 4.13. The molecular formula is C13H17NO4. The molecule has 0 aromatic heterocycles. The van der Waals surface area contributed by atoms with Crippen molar-refractivity contribution in [2.75, 3.05) is 20.7 Å². The average Bonchev–Trinajstić information content (AvgIpc) is 2.37. The lowest BCUT2D eigenvalue weighted by molar-refractivity contribution is -0.145. The number of rotatable bonds is 4. The van der Waals surface area contributed by atoms with Crippen molar-refractivity contribution < 1.29 is 19.4 Å². The van der Waals surface area contributed by atoms with Crippen molar-refractivity contribution >= 4 is 11.9 Å². The van der Waals surface area contributed by atoms with Gasteiger partial charge < -0.3 is 14.7 Å². The van der Waals surface area contributed by atoms with Gasteiger partial charge in [0.05, 0.1) is 18.6 Å². The lowest BCUT2D eigenvalue weighted by atomic mass is 10.1. The van der Waals surface area contributed by atoms with Crippen LogP contribution in [0.4, 0.5) is 0 Å². The Morgan fingerprint density at radius 1 is 1.39 bits per heavy atom. The fourth-order valence-electron chi connectivity index (χ4n) is 1.63. The first-order chi connectivity index (χ1) is 8.47. The van der Waals surface area contributed by atoms with Crippen LogP contribution in [-0.4, -0.2) is 42.6 Å². The van der Waals surface area contributed by atoms with Crippen molar-refractivity contribution in [2.24, 2.45) is 5.92 Å². The van der Waals surface area contributed by atoms with Gasteiger partial charge in [-0.05, 0) is 12.1 Å². The SMILES string of the molecule is COC(=O)C(C)CN(C)C(=O)c1ccccc1O. The maximum absolute atomic E-state index is 12.0. The predicted molar refractivity (Wildman–Crippen MR) is 66.2 cm³/mol. The van der Waals surface area contributed by atoms with Crippen molar-refractivity contribution in [3.05, 3.63) is 29.8 Å². The minimum atomic E-state index is -0.408. The number of hydrogen-bond acceptors (Lipinski definition) is 4. The molecule has 0 spiro atoms. The predicted octanol–water partition coefficient (Wildman–Crippen LogP) is 1.27. The first-order valence-corrected chi connectivity index (χ1v) is 5.58. The van der Waals surface area contributed by atoms with Crippen molar-refractivity contribution in [2.45, 2.75) is 6.92 Å². The number of carbonyl (C=O) groups is 2. The molecule has 1 amide bonds. The van der Waals surface area contributed by atoms with Gasteiger partial charge in [-0.15, -0.1) is 0 Å². The van der Waals surface area contributed by atoms with Gasteiger partial charge in [0.25, 0.3) is 5.91 Å². The monoisotopic (exact) mass is 251 g/mol. The molecular weight excluding hydrogens is 234 g/mol. The number of benzene rings is 1. The van der Waals surface area contributed by atoms with E-state index in [2.05, 4.69) is 4.74 Å². The molecule has 1 rings (SSSR count). The molecule has 0 aliphatic heterocycles. The van der Waals surface area contributed by atoms with Gasteiger partial charge in [-0.2, -0.15) is 0 Å². The number of carbonyl (C=O) groups excluding carboxylic acids is 2. The van der Waals surface area contributed by atoms with Crippen LogP contribution in [0.5, 0.6) is 5.75 Å². The molecule has 0 aliphatic carbocycles. The van der Waals surface area contributed by atoms with Gasteiger partial charge in [0.2, 0.25) is 0 Å². The molecule has 1 unspecified atom stereocenters. The number of para-hydroxylation sites is 1. The zero-order valence-corrected chi connectivity index (χ0v) is 10.7. The van der Waals surface area contributed by atoms with Gasteiger partial charge in [-0.1, -0.05) is 19.1 Å². The highest BCUT2D eigenvalue weighted by Gasteiger charge is 2.21. The fourth-order valence-corrected chi connectivity index (χ4v) is 1.63. The number of phenols is 1. The molecule has 5 heteroatoms. The molecule has 0 bridgehead atoms. The molecule has 18 heavy (non-hydrogen) atoms. The minimum Gasteiger partial charge on any atom is -0.507 e. The van der Waals surface area contributed by atoms with Crippen LogP contribution in [0.25, 0.3) is 0 Å². The molecule has 0 saturated heterocycles. The highest BCUT2D eigenvalue weighted by atomic mass is 16.5. The Morgan fingerprint density at radius 2 is 2.00 bits per heavy atom. The van der Waals surface area contributed by atoms with E-state index in [0.29, 0.717) is 0 Å². The second kappa shape index (κ2) is 6.05. The lowest BCUT2D eigenvalue weighted by Crippen LogP contribution is -2.34. The molecule has 1 aromatic rings. The van der Waals surface area contributed by atoms with Crippen LogP contribution in [0.1, 0.15) is 17.3 Å². The maximum Gasteiger partial charge on any atom is 0.310 e. The quantitative estimate of drug-likeness (QED) is 0.818. The van der Waals surface area contributed by atoms with E-state index in [0.717, 1.165) is 0 Å². The van der Waals surface area contributed by atoms with E-state index in [1.807, 2.05) is 0 Å². The summed E-state index contributed by atoms with van der Waals surface area (Å²) in [4.78, 5) is 24.7. The normalized spacial score (nSPS) is 11.7. The van der Waals surface area contributed by atoms with E-state index in [1.165, 1.54) is 24.1 Å². The first kappa shape index (κ1) is 14.0. The van der Waals surface area contributed by atoms with E-state index in [1.54, 1.807) is 26.1 Å². The van der Waals surface area contributed by atoms with Crippen molar-refractivity contribution in [3.8, 4) is 5.75 Å². The van der Waals surface area contributed by atoms with Crippen LogP contribution in [0.3, 0.4) is 0 Å². The van der Waals surface area contributed by atoms with Gasteiger partial charge >= 0.3 is 5.97 Å². The van der Waals surface area contributed by atoms with Crippen molar-refractivity contribution in [1.29, 1.82) is 0 Å². The van der Waals surface area contributed by atoms with Gasteiger partial charge in [0.1, 0.15) is 5.75 Å². The van der Waals surface area contributed by atoms with Crippen LogP contribution < -0.4 is 0 Å². The Hall–Kier alpha value is -2.04. The van der Waals surface area contributed by atoms with E-state index in [9.17, 15) is 14.7 Å². The third-order valence-corrected chi connectivity index (χ3v) is 2.63. The summed E-state index contributed by atoms with van der Waals surface area (Å²) in [5, 5.41) is 9.58. The number of phenolic OH excluding ortho intramolecular Hbond substituents is 1. The van der Waals surface area contributed by atoms with Crippen LogP contribution in [0, 0.1) is 5.92 Å². The van der Waals surface area contributed by atoms with Crippen LogP contribution in [0.15, 0.2) is 24.3 Å². The standard InChI is InChI=1S/C13H17NO4/c1-9(13(17)18-3)8-14(2)12(16)10-6-4-5-7-11(10)15/h4-7,9,15H,8H2,1-3H3. The van der Waals surface area contributed by atoms with Gasteiger partial charge in [-0.25, -0.2) is 0 Å². The number of ether oxygens (including phenoxy) is 1. The van der Waals surface area contributed by atoms with Crippen molar-refractivity contribution in [1.82, 2.24) is 4.90 Å². The summed E-state index contributed by atoms with van der Waals surface area (Å²) in [6.07, 6.45) is 0. The molecule has 0 heterocycles. The molecule has 98 valence electrons. The van der Waals surface area contributed by atoms with Crippen molar-refractivity contribution in [3.63, 3.8) is 0 Å². The molecule has 5 nitrogen and oxygen atoms in total. The molecule has 1 atom stereocenters. The Morgan fingerprint density at radius 3 is 2.56 bits per heavy atom. The summed E-state index contributed by atoms with van der Waals surface area (Å²) in [6.45, 7) is 1.92. The minimum absolute atomic E-state index is 0.0694. The van der Waals surface area contributed by atoms with Gasteiger partial charge in [-0.3, -0.25) is 9.59 Å². The van der Waals surface area contributed by atoms with E-state index >= 15 is 0 Å². The number of aromatic hydroxyl groups is 1. The number of esters is 1. The largest absolute Gasteiger partial charge is 0.507 e. The lowest BCUT2D eigenvalue weighted by Gasteiger charge is -2.20. The van der Waals surface area contributed by atoms with Gasteiger partial charge in [0, 0.05) is 13.6 Å². The zero-order chi connectivity index (χ0) is 13.7. The topological polar surface area (TPSA) is 66.8 Å². The summed E-state index contributed by atoms with van der Waals surface area (Å²) in [5.41, 5.74) is 0.220. The summed E-state index contributed by atoms with van der Waals surface area (Å²) in [7, 11) is 2.89. The zero-order valence-electron chi connectivity index (χ0n) is 10.7. The Balaban J connectivity index is 2.74. The van der Waals surface area contributed by atoms with Crippen LogP contribution >= 0.6 is 0 Å². The highest BCUT2D eigenvalue weighted by Crippen LogP contribution is 2.17. The Kier molecular flexibility index (Phi) is 4.71. The van der Waals surface area contributed by atoms with E-state index < -0.39 is 5.92 Å². The van der Waals surface area contributed by atoms with Crippen LogP contribution in [0.2, 0.25) is 0 Å². The third-order valence-electron chi connectivity index (χ3n) is 2.63.